The number of nitrogens with one attached hydrogen (secondary N) is 2. The van der Waals surface area contributed by atoms with Crippen LogP contribution in [-0.2, 0) is 26.2 Å². The minimum absolute atomic E-state index is 0.0667. The van der Waals surface area contributed by atoms with Crippen LogP contribution in [0.25, 0.3) is 11.1 Å². The van der Waals surface area contributed by atoms with Gasteiger partial charge in [-0.3, -0.25) is 9.59 Å². The maximum atomic E-state index is 13.2. The second-order valence-corrected chi connectivity index (χ2v) is 13.6. The molecule has 0 saturated heterocycles. The molecule has 3 aromatic carbocycles. The van der Waals surface area contributed by atoms with Gasteiger partial charge in [0.05, 0.1) is 4.90 Å². The van der Waals surface area contributed by atoms with Gasteiger partial charge in [-0.2, -0.15) is 0 Å². The first-order chi connectivity index (χ1) is 19.8. The molecule has 0 spiro atoms. The zero-order valence-electron chi connectivity index (χ0n) is 22.5. The van der Waals surface area contributed by atoms with Gasteiger partial charge in [0, 0.05) is 40.2 Å². The van der Waals surface area contributed by atoms with Crippen LogP contribution < -0.4 is 15.8 Å². The van der Waals surface area contributed by atoms with Gasteiger partial charge >= 0.3 is 0 Å². The number of hydrogen-bond donors (Lipinski definition) is 3. The van der Waals surface area contributed by atoms with Crippen LogP contribution in [0.3, 0.4) is 0 Å². The average Bonchev–Trinajstić information content (AvgIpc) is 3.50. The van der Waals surface area contributed by atoms with Crippen molar-refractivity contribution < 1.29 is 18.0 Å². The highest BCUT2D eigenvalue weighted by molar-refractivity contribution is 8.18. The Morgan fingerprint density at radius 2 is 1.44 bits per heavy atom. The van der Waals surface area contributed by atoms with Gasteiger partial charge in [0.25, 0.3) is 0 Å². The predicted octanol–water partition coefficient (Wildman–Crippen LogP) is 4.73. The molecular formula is C32H33N3O4S2. The van der Waals surface area contributed by atoms with Crippen LogP contribution >= 0.6 is 10.5 Å². The first-order valence-corrected chi connectivity index (χ1v) is 16.4. The van der Waals surface area contributed by atoms with Gasteiger partial charge in [-0.05, 0) is 47.6 Å². The molecule has 1 fully saturated rings. The summed E-state index contributed by atoms with van der Waals surface area (Å²) in [6.07, 6.45) is 8.30. The molecule has 1 aliphatic heterocycles. The van der Waals surface area contributed by atoms with Gasteiger partial charge in [0.2, 0.25) is 21.8 Å². The number of benzene rings is 3. The van der Waals surface area contributed by atoms with Crippen LogP contribution in [0.1, 0.15) is 24.8 Å². The number of primary sulfonamides is 1. The Hall–Kier alpha value is -3.79. The molecule has 1 aliphatic carbocycles. The second-order valence-electron chi connectivity index (χ2n) is 10.1. The first-order valence-electron chi connectivity index (χ1n) is 13.6. The van der Waals surface area contributed by atoms with Crippen molar-refractivity contribution in [3.63, 3.8) is 0 Å². The first kappa shape index (κ1) is 28.7. The lowest BCUT2D eigenvalue weighted by Crippen LogP contribution is -2.41. The zero-order chi connectivity index (χ0) is 28.8. The van der Waals surface area contributed by atoms with E-state index < -0.39 is 10.0 Å². The highest BCUT2D eigenvalue weighted by Crippen LogP contribution is 2.34. The molecule has 9 heteroatoms. The zero-order valence-corrected chi connectivity index (χ0v) is 24.2. The molecule has 212 valence electrons. The van der Waals surface area contributed by atoms with Crippen molar-refractivity contribution >= 4 is 37.2 Å². The van der Waals surface area contributed by atoms with E-state index in [4.69, 9.17) is 5.14 Å². The summed E-state index contributed by atoms with van der Waals surface area (Å²) in [5, 5.41) is 13.6. The standard InChI is InChI=1S/C32H33N3O4S2/c33-41(38,39)30-15-5-4-12-27(30)24-18-16-23(17-19-24)21-34-31(36)28-13-8-14-29(28)32(37)35-22-26-11-6-7-20-40(26)25-9-2-1-3-10-25/h1-7,9-12,15-20,28-29H,8,13-14,21-22H2,(H,34,36)(H,35,37)(H2,33,38,39). The normalized spacial score (nSPS) is 20.1. The monoisotopic (exact) mass is 587 g/mol. The summed E-state index contributed by atoms with van der Waals surface area (Å²) in [7, 11) is -4.06. The van der Waals surface area contributed by atoms with E-state index in [9.17, 15) is 18.0 Å². The maximum absolute atomic E-state index is 13.2. The molecule has 0 aromatic heterocycles. The Morgan fingerprint density at radius 3 is 2.12 bits per heavy atom. The van der Waals surface area contributed by atoms with Crippen molar-refractivity contribution in [1.82, 2.24) is 10.6 Å². The van der Waals surface area contributed by atoms with Gasteiger partial charge in [0.1, 0.15) is 0 Å². The molecule has 3 unspecified atom stereocenters. The highest BCUT2D eigenvalue weighted by atomic mass is 32.2. The van der Waals surface area contributed by atoms with Gasteiger partial charge in [-0.25, -0.2) is 13.6 Å². The molecule has 2 aliphatic rings. The van der Waals surface area contributed by atoms with E-state index in [1.54, 1.807) is 18.2 Å². The molecule has 0 radical (unpaired) electrons. The number of hydrogen-bond acceptors (Lipinski definition) is 4. The Morgan fingerprint density at radius 1 is 0.805 bits per heavy atom. The smallest absolute Gasteiger partial charge is 0.238 e. The van der Waals surface area contributed by atoms with E-state index in [0.717, 1.165) is 16.8 Å². The predicted molar refractivity (Wildman–Crippen MR) is 165 cm³/mol. The number of allylic oxidation sites excluding steroid dienone is 2. The lowest BCUT2D eigenvalue weighted by molar-refractivity contribution is -0.133. The summed E-state index contributed by atoms with van der Waals surface area (Å²) >= 11 is 0. The third-order valence-corrected chi connectivity index (χ3v) is 10.5. The lowest BCUT2D eigenvalue weighted by atomic mass is 9.94. The van der Waals surface area contributed by atoms with Gasteiger partial charge in [0.15, 0.2) is 0 Å². The van der Waals surface area contributed by atoms with Crippen molar-refractivity contribution in [2.24, 2.45) is 17.0 Å². The Bertz CT molecular complexity index is 1630. The van der Waals surface area contributed by atoms with Crippen LogP contribution in [0.15, 0.2) is 112 Å². The minimum Gasteiger partial charge on any atom is -0.352 e. The number of nitrogens with two attached hydrogens (primary N) is 1. The lowest BCUT2D eigenvalue weighted by Gasteiger charge is -2.20. The summed E-state index contributed by atoms with van der Waals surface area (Å²) in [5.41, 5.74) is 2.11. The molecule has 0 bridgehead atoms. The Labute approximate surface area is 243 Å². The van der Waals surface area contributed by atoms with Crippen LogP contribution in [0.4, 0.5) is 0 Å². The van der Waals surface area contributed by atoms with E-state index in [1.807, 2.05) is 54.6 Å². The molecular weight excluding hydrogens is 555 g/mol. The molecule has 7 nitrogen and oxygen atoms in total. The number of sulfonamides is 1. The SMILES string of the molecule is NS(=O)(=O)c1ccccc1-c1ccc(CNC(=O)C2CCCC2C(=O)NCC2=S(c3ccccc3)C=CC=C2)cc1. The molecule has 5 rings (SSSR count). The topological polar surface area (TPSA) is 118 Å². The fourth-order valence-corrected chi connectivity index (χ4v) is 7.90. The molecule has 1 saturated carbocycles. The Balaban J connectivity index is 1.19. The summed E-state index contributed by atoms with van der Waals surface area (Å²) in [5.74, 6) is -0.916. The van der Waals surface area contributed by atoms with Crippen molar-refractivity contribution in [2.45, 2.75) is 35.6 Å². The van der Waals surface area contributed by atoms with E-state index in [2.05, 4.69) is 34.3 Å². The summed E-state index contributed by atoms with van der Waals surface area (Å²) in [6.45, 7) is 0.763. The quantitative estimate of drug-likeness (QED) is 0.314. The number of rotatable bonds is 9. The third kappa shape index (κ3) is 6.93. The summed E-state index contributed by atoms with van der Waals surface area (Å²) < 4.78 is 23.9. The van der Waals surface area contributed by atoms with Crippen LogP contribution in [0, 0.1) is 11.8 Å². The minimum atomic E-state index is -3.86. The maximum Gasteiger partial charge on any atom is 0.238 e. The summed E-state index contributed by atoms with van der Waals surface area (Å²) in [6, 6.07) is 24.2. The van der Waals surface area contributed by atoms with Gasteiger partial charge in [-0.15, -0.1) is 10.5 Å². The Kier molecular flexibility index (Phi) is 8.97. The van der Waals surface area contributed by atoms with Crippen LogP contribution in [-0.4, -0.2) is 31.6 Å². The average molecular weight is 588 g/mol. The van der Waals surface area contributed by atoms with Crippen molar-refractivity contribution in [2.75, 3.05) is 6.54 Å². The second kappa shape index (κ2) is 12.8. The van der Waals surface area contributed by atoms with Gasteiger partial charge < -0.3 is 10.6 Å². The van der Waals surface area contributed by atoms with E-state index in [1.165, 1.54) is 11.0 Å². The van der Waals surface area contributed by atoms with Crippen molar-refractivity contribution in [3.05, 3.63) is 108 Å². The van der Waals surface area contributed by atoms with E-state index in [-0.39, 0.29) is 39.0 Å². The largest absolute Gasteiger partial charge is 0.352 e. The fourth-order valence-electron chi connectivity index (χ4n) is 5.35. The van der Waals surface area contributed by atoms with Crippen molar-refractivity contribution in [3.8, 4) is 11.1 Å². The molecule has 2 amide bonds. The number of carbonyl (C=O) groups is 2. The molecule has 1 heterocycles. The highest BCUT2D eigenvalue weighted by Gasteiger charge is 2.37. The van der Waals surface area contributed by atoms with Gasteiger partial charge in [-0.1, -0.05) is 85.3 Å². The van der Waals surface area contributed by atoms with E-state index in [0.29, 0.717) is 37.1 Å². The number of amides is 2. The number of carbonyl (C=O) groups excluding carboxylic acids is 2. The fraction of sp³-hybridized carbons (Fsp3) is 0.219. The molecule has 3 atom stereocenters. The van der Waals surface area contributed by atoms with Crippen molar-refractivity contribution in [1.29, 1.82) is 0 Å². The molecule has 41 heavy (non-hydrogen) atoms. The molecule has 3 aromatic rings. The summed E-state index contributed by atoms with van der Waals surface area (Å²) in [4.78, 5) is 28.7. The van der Waals surface area contributed by atoms with Crippen LogP contribution in [0.5, 0.6) is 0 Å². The third-order valence-electron chi connectivity index (χ3n) is 7.44. The van der Waals surface area contributed by atoms with E-state index >= 15 is 0 Å². The van der Waals surface area contributed by atoms with Crippen LogP contribution in [0.2, 0.25) is 0 Å². The molecule has 4 N–H and O–H groups in total.